The first-order valence-electron chi connectivity index (χ1n) is 13.0. The van der Waals surface area contributed by atoms with E-state index >= 15 is 0 Å². The summed E-state index contributed by atoms with van der Waals surface area (Å²) in [5, 5.41) is 0.963. The molecule has 0 N–H and O–H groups in total. The van der Waals surface area contributed by atoms with Crippen LogP contribution in [0.3, 0.4) is 0 Å². The van der Waals surface area contributed by atoms with E-state index in [2.05, 4.69) is 9.97 Å². The Morgan fingerprint density at radius 1 is 0.690 bits per heavy atom. The SMILES string of the molecule is C/C=C\C/C=C/c1nc(=O)c2ccccc2o1.COc1cc(/C=C/c2nc(=O)c3ccccc3o2)cc(OC)c1OC. The van der Waals surface area contributed by atoms with Crippen LogP contribution in [-0.2, 0) is 0 Å². The number of aromatic nitrogens is 2. The second-order valence-corrected chi connectivity index (χ2v) is 8.71. The van der Waals surface area contributed by atoms with Gasteiger partial charge in [-0.15, -0.1) is 0 Å². The van der Waals surface area contributed by atoms with Crippen LogP contribution in [0, 0.1) is 0 Å². The summed E-state index contributed by atoms with van der Waals surface area (Å²) in [5.41, 5.74) is 1.27. The highest BCUT2D eigenvalue weighted by molar-refractivity contribution is 5.77. The molecule has 0 fully saturated rings. The molecule has 0 aliphatic rings. The van der Waals surface area contributed by atoms with Gasteiger partial charge < -0.3 is 23.0 Å². The van der Waals surface area contributed by atoms with Crippen molar-refractivity contribution in [1.82, 2.24) is 9.97 Å². The van der Waals surface area contributed by atoms with Crippen LogP contribution in [0.4, 0.5) is 0 Å². The molecule has 5 rings (SSSR count). The maximum Gasteiger partial charge on any atom is 0.284 e. The lowest BCUT2D eigenvalue weighted by Crippen LogP contribution is -2.06. The Morgan fingerprint density at radius 2 is 1.21 bits per heavy atom. The Hall–Kier alpha value is -5.44. The average Bonchev–Trinajstić information content (AvgIpc) is 3.02. The zero-order valence-corrected chi connectivity index (χ0v) is 23.7. The number of nitrogens with zero attached hydrogens (tertiary/aromatic N) is 2. The third kappa shape index (κ3) is 7.19. The zero-order chi connectivity index (χ0) is 29.9. The summed E-state index contributed by atoms with van der Waals surface area (Å²) >= 11 is 0. The summed E-state index contributed by atoms with van der Waals surface area (Å²) in [4.78, 5) is 31.5. The van der Waals surface area contributed by atoms with Crippen LogP contribution < -0.4 is 25.3 Å². The van der Waals surface area contributed by atoms with E-state index in [9.17, 15) is 9.59 Å². The highest BCUT2D eigenvalue weighted by Crippen LogP contribution is 2.38. The second-order valence-electron chi connectivity index (χ2n) is 8.71. The summed E-state index contributed by atoms with van der Waals surface area (Å²) in [6, 6.07) is 17.7. The van der Waals surface area contributed by atoms with Crippen LogP contribution in [0.2, 0.25) is 0 Å². The Balaban J connectivity index is 0.000000208. The van der Waals surface area contributed by atoms with Crippen molar-refractivity contribution in [1.29, 1.82) is 0 Å². The van der Waals surface area contributed by atoms with Crippen LogP contribution in [0.15, 0.2) is 97.3 Å². The van der Waals surface area contributed by atoms with Gasteiger partial charge in [0.2, 0.25) is 17.5 Å². The van der Waals surface area contributed by atoms with E-state index in [0.29, 0.717) is 45.1 Å². The maximum absolute atomic E-state index is 12.0. The third-order valence-electron chi connectivity index (χ3n) is 5.96. The fraction of sp³-hybridized carbons (Fsp3) is 0.152. The summed E-state index contributed by atoms with van der Waals surface area (Å²) < 4.78 is 27.1. The van der Waals surface area contributed by atoms with Crippen molar-refractivity contribution in [2.45, 2.75) is 13.3 Å². The summed E-state index contributed by atoms with van der Waals surface area (Å²) in [6.45, 7) is 1.96. The molecule has 0 spiro atoms. The van der Waals surface area contributed by atoms with Crippen molar-refractivity contribution in [3.63, 3.8) is 0 Å². The van der Waals surface area contributed by atoms with Crippen molar-refractivity contribution in [3.05, 3.63) is 117 Å². The normalized spacial score (nSPS) is 11.3. The van der Waals surface area contributed by atoms with Crippen LogP contribution in [0.25, 0.3) is 40.2 Å². The lowest BCUT2D eigenvalue weighted by molar-refractivity contribution is 0.324. The molecule has 0 saturated heterocycles. The first kappa shape index (κ1) is 29.5. The van der Waals surface area contributed by atoms with Crippen LogP contribution >= 0.6 is 0 Å². The topological polar surface area (TPSA) is 114 Å². The molecular formula is C33H30N2O7. The van der Waals surface area contributed by atoms with Gasteiger partial charge in [0.25, 0.3) is 11.1 Å². The number of hydrogen-bond donors (Lipinski definition) is 0. The van der Waals surface area contributed by atoms with E-state index in [1.807, 2.05) is 31.2 Å². The molecule has 5 aromatic rings. The van der Waals surface area contributed by atoms with Crippen LogP contribution in [-0.4, -0.2) is 31.3 Å². The molecule has 2 aromatic heterocycles. The third-order valence-corrected chi connectivity index (χ3v) is 5.96. The van der Waals surface area contributed by atoms with E-state index in [0.717, 1.165) is 12.0 Å². The standard InChI is InChI=1S/C19H17NO5.C14H13NO2/c1-22-15-10-12(11-16(23-2)18(15)24-3)8-9-17-20-19(21)13-6-4-5-7-14(13)25-17;1-2-3-4-5-10-13-15-14(16)11-8-6-7-9-12(11)17-13/h4-11H,1-3H3;2-3,5-10H,4H2,1H3/b9-8+;3-2-,10-5+. The molecule has 0 aliphatic carbocycles. The summed E-state index contributed by atoms with van der Waals surface area (Å²) in [6.07, 6.45) is 11.8. The number of rotatable bonds is 8. The smallest absolute Gasteiger partial charge is 0.284 e. The highest BCUT2D eigenvalue weighted by Gasteiger charge is 2.12. The van der Waals surface area contributed by atoms with Gasteiger partial charge in [-0.05, 0) is 67.5 Å². The number of fused-ring (bicyclic) bond motifs is 2. The molecule has 0 atom stereocenters. The Morgan fingerprint density at radius 3 is 1.71 bits per heavy atom. The molecular weight excluding hydrogens is 536 g/mol. The molecule has 3 aromatic carbocycles. The summed E-state index contributed by atoms with van der Waals surface area (Å²) in [7, 11) is 4.65. The predicted molar refractivity (Wildman–Crippen MR) is 164 cm³/mol. The van der Waals surface area contributed by atoms with Gasteiger partial charge in [0.1, 0.15) is 11.2 Å². The van der Waals surface area contributed by atoms with Gasteiger partial charge in [-0.2, -0.15) is 9.97 Å². The predicted octanol–water partition coefficient (Wildman–Crippen LogP) is 6.55. The summed E-state index contributed by atoms with van der Waals surface area (Å²) in [5.74, 6) is 2.15. The molecule has 0 radical (unpaired) electrons. The van der Waals surface area contributed by atoms with Crippen molar-refractivity contribution < 1.29 is 23.0 Å². The second kappa shape index (κ2) is 14.3. The van der Waals surface area contributed by atoms with Gasteiger partial charge in [0.05, 0.1) is 32.1 Å². The Kier molecular flexibility index (Phi) is 10.0. The fourth-order valence-corrected chi connectivity index (χ4v) is 3.95. The quantitative estimate of drug-likeness (QED) is 0.193. The van der Waals surface area contributed by atoms with Gasteiger partial charge in [-0.3, -0.25) is 9.59 Å². The number of hydrogen-bond acceptors (Lipinski definition) is 9. The molecule has 0 amide bonds. The molecule has 0 aliphatic heterocycles. The molecule has 2 heterocycles. The van der Waals surface area contributed by atoms with E-state index in [1.165, 1.54) is 0 Å². The number of allylic oxidation sites excluding steroid dienone is 3. The first-order valence-corrected chi connectivity index (χ1v) is 13.0. The first-order chi connectivity index (χ1) is 20.5. The highest BCUT2D eigenvalue weighted by atomic mass is 16.5. The van der Waals surface area contributed by atoms with Gasteiger partial charge in [0.15, 0.2) is 11.5 Å². The molecule has 0 unspecified atom stereocenters. The van der Waals surface area contributed by atoms with Gasteiger partial charge >= 0.3 is 0 Å². The van der Waals surface area contributed by atoms with Gasteiger partial charge in [-0.1, -0.05) is 42.5 Å². The lowest BCUT2D eigenvalue weighted by Gasteiger charge is -2.12. The zero-order valence-electron chi connectivity index (χ0n) is 23.7. The van der Waals surface area contributed by atoms with Crippen molar-refractivity contribution >= 4 is 40.2 Å². The monoisotopic (exact) mass is 566 g/mol. The van der Waals surface area contributed by atoms with Crippen LogP contribution in [0.1, 0.15) is 30.7 Å². The Bertz CT molecular complexity index is 1860. The molecule has 9 nitrogen and oxygen atoms in total. The van der Waals surface area contributed by atoms with Crippen molar-refractivity contribution in [2.24, 2.45) is 0 Å². The largest absolute Gasteiger partial charge is 0.493 e. The molecule has 9 heteroatoms. The van der Waals surface area contributed by atoms with Crippen molar-refractivity contribution in [3.8, 4) is 17.2 Å². The van der Waals surface area contributed by atoms with Gasteiger partial charge in [-0.25, -0.2) is 0 Å². The van der Waals surface area contributed by atoms with E-state index in [-0.39, 0.29) is 17.0 Å². The van der Waals surface area contributed by atoms with Crippen molar-refractivity contribution in [2.75, 3.05) is 21.3 Å². The number of ether oxygens (including phenoxy) is 3. The molecule has 0 bridgehead atoms. The maximum atomic E-state index is 12.0. The van der Waals surface area contributed by atoms with E-state index < -0.39 is 0 Å². The number of methoxy groups -OCH3 is 3. The number of para-hydroxylation sites is 2. The lowest BCUT2D eigenvalue weighted by atomic mass is 10.1. The average molecular weight is 567 g/mol. The number of benzene rings is 3. The minimum absolute atomic E-state index is 0.220. The fourth-order valence-electron chi connectivity index (χ4n) is 3.95. The van der Waals surface area contributed by atoms with Crippen LogP contribution in [0.5, 0.6) is 17.2 Å². The minimum Gasteiger partial charge on any atom is -0.493 e. The molecule has 0 saturated carbocycles. The molecule has 214 valence electrons. The minimum atomic E-state index is -0.327. The Labute approximate surface area is 242 Å². The van der Waals surface area contributed by atoms with E-state index in [4.69, 9.17) is 23.0 Å². The van der Waals surface area contributed by atoms with Gasteiger partial charge in [0, 0.05) is 6.08 Å². The van der Waals surface area contributed by atoms with E-state index in [1.54, 1.807) is 94.2 Å². The molecule has 42 heavy (non-hydrogen) atoms.